The molecule has 4 aromatic rings. The van der Waals surface area contributed by atoms with Gasteiger partial charge in [0, 0.05) is 18.9 Å². The van der Waals surface area contributed by atoms with E-state index in [0.29, 0.717) is 16.7 Å². The normalized spacial score (nSPS) is 10.7. The quantitative estimate of drug-likeness (QED) is 0.395. The van der Waals surface area contributed by atoms with Crippen LogP contribution in [0.3, 0.4) is 0 Å². The Morgan fingerprint density at radius 3 is 2.77 bits per heavy atom. The van der Waals surface area contributed by atoms with Crippen molar-refractivity contribution in [2.75, 3.05) is 5.32 Å². The van der Waals surface area contributed by atoms with E-state index >= 15 is 0 Å². The highest BCUT2D eigenvalue weighted by atomic mass is 16.4. The first-order valence-electron chi connectivity index (χ1n) is 8.81. The second-order valence-corrected chi connectivity index (χ2v) is 6.25. The molecule has 0 saturated carbocycles. The number of anilines is 1. The third-order valence-electron chi connectivity index (χ3n) is 4.22. The van der Waals surface area contributed by atoms with Crippen molar-refractivity contribution in [3.8, 4) is 5.75 Å². The highest BCUT2D eigenvalue weighted by Crippen LogP contribution is 2.16. The number of aromatic nitrogens is 3. The molecule has 3 aromatic heterocycles. The molecule has 150 valence electrons. The van der Waals surface area contributed by atoms with E-state index in [-0.39, 0.29) is 29.4 Å². The zero-order valence-electron chi connectivity index (χ0n) is 15.4. The van der Waals surface area contributed by atoms with Crippen LogP contribution >= 0.6 is 0 Å². The number of nitrogens with zero attached hydrogens (tertiary/aromatic N) is 2. The average molecular weight is 405 g/mol. The highest BCUT2D eigenvalue weighted by Gasteiger charge is 2.15. The van der Waals surface area contributed by atoms with E-state index in [2.05, 4.69) is 25.6 Å². The van der Waals surface area contributed by atoms with Crippen LogP contribution in [0.2, 0.25) is 0 Å². The van der Waals surface area contributed by atoms with Gasteiger partial charge >= 0.3 is 5.76 Å². The lowest BCUT2D eigenvalue weighted by molar-refractivity contribution is 0.0951. The van der Waals surface area contributed by atoms with Crippen molar-refractivity contribution < 1.29 is 19.1 Å². The van der Waals surface area contributed by atoms with Gasteiger partial charge in [-0.2, -0.15) is 0 Å². The second-order valence-electron chi connectivity index (χ2n) is 6.25. The van der Waals surface area contributed by atoms with Crippen LogP contribution in [0.25, 0.3) is 11.1 Å². The number of benzene rings is 1. The maximum Gasteiger partial charge on any atom is 0.417 e. The van der Waals surface area contributed by atoms with Crippen LogP contribution in [-0.2, 0) is 6.54 Å². The summed E-state index contributed by atoms with van der Waals surface area (Å²) in [5.74, 6) is -1.67. The molecule has 4 N–H and O–H groups in total. The first kappa shape index (κ1) is 18.9. The molecule has 4 rings (SSSR count). The number of oxazole rings is 1. The van der Waals surface area contributed by atoms with Gasteiger partial charge in [-0.1, -0.05) is 6.07 Å². The van der Waals surface area contributed by atoms with Gasteiger partial charge in [0.25, 0.3) is 11.8 Å². The molecule has 0 spiro atoms. The molecular formula is C20H15N5O5. The molecule has 0 aliphatic carbocycles. The van der Waals surface area contributed by atoms with Crippen LogP contribution in [0, 0.1) is 0 Å². The fraction of sp³-hybridized carbons (Fsp3) is 0.0500. The molecule has 0 unspecified atom stereocenters. The number of amides is 2. The summed E-state index contributed by atoms with van der Waals surface area (Å²) in [4.78, 5) is 46.5. The average Bonchev–Trinajstić information content (AvgIpc) is 3.12. The Morgan fingerprint density at radius 1 is 1.07 bits per heavy atom. The van der Waals surface area contributed by atoms with Crippen LogP contribution in [0.4, 0.5) is 5.82 Å². The number of para-hydroxylation sites is 1. The Balaban J connectivity index is 1.45. The second kappa shape index (κ2) is 7.87. The van der Waals surface area contributed by atoms with Crippen LogP contribution in [0.5, 0.6) is 5.75 Å². The number of aromatic hydroxyl groups is 1. The topological polar surface area (TPSA) is 150 Å². The van der Waals surface area contributed by atoms with Gasteiger partial charge in [-0.15, -0.1) is 0 Å². The Kier molecular flexibility index (Phi) is 4.95. The number of hydrogen-bond acceptors (Lipinski definition) is 7. The molecule has 10 heteroatoms. The van der Waals surface area contributed by atoms with E-state index < -0.39 is 17.6 Å². The maximum absolute atomic E-state index is 12.5. The Labute approximate surface area is 168 Å². The first-order valence-corrected chi connectivity index (χ1v) is 8.81. The molecule has 10 nitrogen and oxygen atoms in total. The maximum atomic E-state index is 12.5. The van der Waals surface area contributed by atoms with Gasteiger partial charge in [-0.25, -0.2) is 14.8 Å². The summed E-state index contributed by atoms with van der Waals surface area (Å²) < 4.78 is 4.96. The van der Waals surface area contributed by atoms with Crippen LogP contribution in [-0.4, -0.2) is 31.9 Å². The highest BCUT2D eigenvalue weighted by molar-refractivity contribution is 6.05. The van der Waals surface area contributed by atoms with Gasteiger partial charge < -0.3 is 20.2 Å². The van der Waals surface area contributed by atoms with Crippen LogP contribution in [0.15, 0.2) is 64.1 Å². The van der Waals surface area contributed by atoms with Gasteiger partial charge in [0.1, 0.15) is 11.6 Å². The SMILES string of the molecule is O=C(Nc1cc(CNC(=O)c2cccc3oc(=O)[nH]c23)ccn1)c1ncccc1O. The molecular weight excluding hydrogens is 390 g/mol. The molecule has 0 atom stereocenters. The molecule has 0 aliphatic heterocycles. The van der Waals surface area contributed by atoms with Gasteiger partial charge in [-0.3, -0.25) is 14.6 Å². The van der Waals surface area contributed by atoms with Crippen molar-refractivity contribution in [1.82, 2.24) is 20.3 Å². The number of nitrogens with one attached hydrogen (secondary N) is 3. The van der Waals surface area contributed by atoms with Gasteiger partial charge in [0.2, 0.25) is 0 Å². The lowest BCUT2D eigenvalue weighted by Crippen LogP contribution is -2.23. The first-order chi connectivity index (χ1) is 14.5. The summed E-state index contributed by atoms with van der Waals surface area (Å²) in [6.45, 7) is 0.150. The summed E-state index contributed by atoms with van der Waals surface area (Å²) in [6.07, 6.45) is 2.87. The van der Waals surface area contributed by atoms with Crippen molar-refractivity contribution in [2.45, 2.75) is 6.54 Å². The predicted molar refractivity (Wildman–Crippen MR) is 106 cm³/mol. The number of fused-ring (bicyclic) bond motifs is 1. The number of pyridine rings is 2. The Morgan fingerprint density at radius 2 is 1.93 bits per heavy atom. The number of aromatic amines is 1. The Bertz CT molecular complexity index is 1310. The van der Waals surface area contributed by atoms with Gasteiger partial charge in [0.05, 0.1) is 11.1 Å². The summed E-state index contributed by atoms with van der Waals surface area (Å²) in [5.41, 5.74) is 1.43. The number of hydrogen-bond donors (Lipinski definition) is 4. The fourth-order valence-electron chi connectivity index (χ4n) is 2.84. The van der Waals surface area contributed by atoms with Crippen LogP contribution < -0.4 is 16.4 Å². The lowest BCUT2D eigenvalue weighted by atomic mass is 10.1. The van der Waals surface area contributed by atoms with E-state index in [1.165, 1.54) is 24.5 Å². The summed E-state index contributed by atoms with van der Waals surface area (Å²) in [5, 5.41) is 15.0. The molecule has 2 amide bonds. The molecule has 1 aromatic carbocycles. The number of rotatable bonds is 5. The fourth-order valence-corrected chi connectivity index (χ4v) is 2.84. The van der Waals surface area contributed by atoms with Crippen LogP contribution in [0.1, 0.15) is 26.4 Å². The molecule has 3 heterocycles. The molecule has 0 radical (unpaired) electrons. The molecule has 0 saturated heterocycles. The largest absolute Gasteiger partial charge is 0.505 e. The van der Waals surface area contributed by atoms with Crippen molar-refractivity contribution in [2.24, 2.45) is 0 Å². The van der Waals surface area contributed by atoms with E-state index in [4.69, 9.17) is 4.42 Å². The number of carbonyl (C=O) groups excluding carboxylic acids is 2. The number of H-pyrrole nitrogens is 1. The lowest BCUT2D eigenvalue weighted by Gasteiger charge is -2.08. The molecule has 30 heavy (non-hydrogen) atoms. The van der Waals surface area contributed by atoms with E-state index in [9.17, 15) is 19.5 Å². The number of carbonyl (C=O) groups is 2. The third kappa shape index (κ3) is 3.87. The summed E-state index contributed by atoms with van der Waals surface area (Å²) >= 11 is 0. The van der Waals surface area contributed by atoms with Crippen molar-refractivity contribution in [1.29, 1.82) is 0 Å². The zero-order valence-corrected chi connectivity index (χ0v) is 15.4. The van der Waals surface area contributed by atoms with Gasteiger partial charge in [0.15, 0.2) is 11.3 Å². The monoisotopic (exact) mass is 405 g/mol. The van der Waals surface area contributed by atoms with Crippen molar-refractivity contribution in [3.63, 3.8) is 0 Å². The smallest absolute Gasteiger partial charge is 0.417 e. The third-order valence-corrected chi connectivity index (χ3v) is 4.22. The predicted octanol–water partition coefficient (Wildman–Crippen LogP) is 1.80. The van der Waals surface area contributed by atoms with E-state index in [0.717, 1.165) is 0 Å². The molecule has 0 aliphatic rings. The minimum atomic E-state index is -0.640. The minimum Gasteiger partial charge on any atom is -0.505 e. The summed E-state index contributed by atoms with van der Waals surface area (Å²) in [7, 11) is 0. The van der Waals surface area contributed by atoms with Crippen molar-refractivity contribution in [3.05, 3.63) is 82.2 Å². The van der Waals surface area contributed by atoms with Crippen molar-refractivity contribution >= 4 is 28.7 Å². The molecule has 0 fully saturated rings. The minimum absolute atomic E-state index is 0.125. The molecule has 0 bridgehead atoms. The summed E-state index contributed by atoms with van der Waals surface area (Å²) in [6, 6.07) is 10.9. The zero-order chi connectivity index (χ0) is 21.1. The standard InChI is InChI=1S/C20H15N5O5/c26-13-4-2-7-22-17(13)19(28)24-15-9-11(6-8-21-15)10-23-18(27)12-3-1-5-14-16(12)25-20(29)30-14/h1-9,26H,10H2,(H,23,27)(H,25,29)(H,21,24,28). The van der Waals surface area contributed by atoms with Gasteiger partial charge in [-0.05, 0) is 42.0 Å². The van der Waals surface area contributed by atoms with E-state index in [1.54, 1.807) is 30.3 Å². The Hall–Kier alpha value is -4.47. The van der Waals surface area contributed by atoms with E-state index in [1.807, 2.05) is 0 Å².